The number of H-pyrrole nitrogens is 1. The molecule has 5 rings (SSSR count). The van der Waals surface area contributed by atoms with E-state index in [1.165, 1.54) is 0 Å². The van der Waals surface area contributed by atoms with Gasteiger partial charge in [-0.1, -0.05) is 29.3 Å². The highest BCUT2D eigenvalue weighted by atomic mass is 35.5. The van der Waals surface area contributed by atoms with Crippen LogP contribution in [0.5, 0.6) is 0 Å². The standard InChI is InChI=1S/C21H21Cl2N5O2/c1-12-17-14-2-3-15(22)18(23)19(14)26-16(17)4-5-28(12)21(29)20-24-10-13(11-25-20)27-6-8-30-9-7-27/h2-3,10-12,26H,4-9H2,1H3. The molecule has 0 saturated carbocycles. The van der Waals surface area contributed by atoms with E-state index in [0.717, 1.165) is 40.9 Å². The average molecular weight is 446 g/mol. The van der Waals surface area contributed by atoms with Crippen LogP contribution in [-0.4, -0.2) is 58.6 Å². The highest BCUT2D eigenvalue weighted by Crippen LogP contribution is 2.40. The molecule has 0 aliphatic carbocycles. The average Bonchev–Trinajstić information content (AvgIpc) is 3.17. The van der Waals surface area contributed by atoms with Crippen molar-refractivity contribution in [3.05, 3.63) is 51.7 Å². The van der Waals surface area contributed by atoms with Gasteiger partial charge in [-0.2, -0.15) is 0 Å². The Morgan fingerprint density at radius 1 is 1.17 bits per heavy atom. The van der Waals surface area contributed by atoms with E-state index in [4.69, 9.17) is 27.9 Å². The fourth-order valence-electron chi connectivity index (χ4n) is 4.36. The molecule has 1 unspecified atom stereocenters. The third-order valence-electron chi connectivity index (χ3n) is 5.94. The lowest BCUT2D eigenvalue weighted by Crippen LogP contribution is -2.39. The zero-order valence-electron chi connectivity index (χ0n) is 16.5. The fourth-order valence-corrected chi connectivity index (χ4v) is 4.73. The second-order valence-corrected chi connectivity index (χ2v) is 8.38. The fraction of sp³-hybridized carbons (Fsp3) is 0.381. The van der Waals surface area contributed by atoms with Crippen molar-refractivity contribution in [1.29, 1.82) is 0 Å². The minimum absolute atomic E-state index is 0.130. The Morgan fingerprint density at radius 3 is 2.63 bits per heavy atom. The molecule has 156 valence electrons. The summed E-state index contributed by atoms with van der Waals surface area (Å²) in [6.07, 6.45) is 4.15. The summed E-state index contributed by atoms with van der Waals surface area (Å²) in [5.74, 6) is 0.0410. The quantitative estimate of drug-likeness (QED) is 0.647. The number of ether oxygens (including phenoxy) is 1. The number of hydrogen-bond acceptors (Lipinski definition) is 5. The van der Waals surface area contributed by atoms with Gasteiger partial charge in [0.2, 0.25) is 5.82 Å². The SMILES string of the molecule is CC1c2c([nH]c3c(Cl)c(Cl)ccc23)CCN1C(=O)c1ncc(N2CCOCC2)cn1. The van der Waals surface area contributed by atoms with Crippen LogP contribution < -0.4 is 4.90 Å². The van der Waals surface area contributed by atoms with E-state index in [-0.39, 0.29) is 17.8 Å². The van der Waals surface area contributed by atoms with Crippen molar-refractivity contribution in [1.82, 2.24) is 19.9 Å². The van der Waals surface area contributed by atoms with E-state index >= 15 is 0 Å². The van der Waals surface area contributed by atoms with Crippen molar-refractivity contribution in [3.8, 4) is 0 Å². The molecule has 1 saturated heterocycles. The number of hydrogen-bond donors (Lipinski definition) is 1. The van der Waals surface area contributed by atoms with Gasteiger partial charge in [-0.05, 0) is 13.0 Å². The summed E-state index contributed by atoms with van der Waals surface area (Å²) in [4.78, 5) is 29.3. The molecule has 0 radical (unpaired) electrons. The minimum atomic E-state index is -0.170. The lowest BCUT2D eigenvalue weighted by Gasteiger charge is -2.33. The zero-order valence-corrected chi connectivity index (χ0v) is 18.0. The number of nitrogens with one attached hydrogen (secondary N) is 1. The minimum Gasteiger partial charge on any atom is -0.378 e. The van der Waals surface area contributed by atoms with Gasteiger partial charge in [0, 0.05) is 42.7 Å². The Hall–Kier alpha value is -2.35. The van der Waals surface area contributed by atoms with E-state index in [1.807, 2.05) is 17.9 Å². The molecule has 0 bridgehead atoms. The van der Waals surface area contributed by atoms with Crippen LogP contribution in [0.4, 0.5) is 5.69 Å². The van der Waals surface area contributed by atoms with Crippen LogP contribution in [0.1, 0.15) is 34.8 Å². The number of rotatable bonds is 2. The Morgan fingerprint density at radius 2 is 1.90 bits per heavy atom. The number of aromatic nitrogens is 3. The maximum Gasteiger partial charge on any atom is 0.292 e. The summed E-state index contributed by atoms with van der Waals surface area (Å²) in [5, 5.41) is 2.01. The lowest BCUT2D eigenvalue weighted by molar-refractivity contribution is 0.0665. The van der Waals surface area contributed by atoms with Crippen LogP contribution in [0, 0.1) is 0 Å². The number of benzene rings is 1. The van der Waals surface area contributed by atoms with Gasteiger partial charge in [0.05, 0.1) is 52.9 Å². The van der Waals surface area contributed by atoms with Gasteiger partial charge in [-0.3, -0.25) is 4.79 Å². The molecule has 2 aromatic heterocycles. The van der Waals surface area contributed by atoms with Gasteiger partial charge >= 0.3 is 0 Å². The van der Waals surface area contributed by atoms with Crippen LogP contribution in [0.3, 0.4) is 0 Å². The number of carbonyl (C=O) groups excluding carboxylic acids is 1. The summed E-state index contributed by atoms with van der Waals surface area (Å²) >= 11 is 12.6. The highest BCUT2D eigenvalue weighted by Gasteiger charge is 2.33. The van der Waals surface area contributed by atoms with Gasteiger partial charge in [0.25, 0.3) is 5.91 Å². The number of aromatic amines is 1. The molecule has 1 aromatic carbocycles. The number of halogens is 2. The first-order valence-electron chi connectivity index (χ1n) is 9.98. The van der Waals surface area contributed by atoms with Crippen molar-refractivity contribution in [2.45, 2.75) is 19.4 Å². The topological polar surface area (TPSA) is 74.4 Å². The normalized spacial score (nSPS) is 19.2. The highest BCUT2D eigenvalue weighted by molar-refractivity contribution is 6.45. The van der Waals surface area contributed by atoms with Gasteiger partial charge < -0.3 is 19.5 Å². The Bertz CT molecular complexity index is 1110. The van der Waals surface area contributed by atoms with E-state index in [0.29, 0.717) is 36.2 Å². The Kier molecular flexibility index (Phi) is 5.05. The smallest absolute Gasteiger partial charge is 0.292 e. The number of nitrogens with zero attached hydrogens (tertiary/aromatic N) is 4. The van der Waals surface area contributed by atoms with Gasteiger partial charge in [-0.15, -0.1) is 0 Å². The van der Waals surface area contributed by atoms with Gasteiger partial charge in [0.1, 0.15) is 0 Å². The second kappa shape index (κ2) is 7.72. The largest absolute Gasteiger partial charge is 0.378 e. The summed E-state index contributed by atoms with van der Waals surface area (Å²) in [7, 11) is 0. The maximum atomic E-state index is 13.2. The number of carbonyl (C=O) groups is 1. The molecule has 30 heavy (non-hydrogen) atoms. The molecule has 1 amide bonds. The molecular formula is C21H21Cl2N5O2. The number of fused-ring (bicyclic) bond motifs is 3. The third kappa shape index (κ3) is 3.21. The van der Waals surface area contributed by atoms with E-state index in [9.17, 15) is 4.79 Å². The summed E-state index contributed by atoms with van der Waals surface area (Å²) in [6, 6.07) is 3.62. The molecule has 7 nitrogen and oxygen atoms in total. The van der Waals surface area contributed by atoms with E-state index in [1.54, 1.807) is 18.5 Å². The second-order valence-electron chi connectivity index (χ2n) is 7.59. The predicted octanol–water partition coefficient (Wildman–Crippen LogP) is 3.86. The van der Waals surface area contributed by atoms with Crippen LogP contribution >= 0.6 is 23.2 Å². The first kappa shape index (κ1) is 19.6. The van der Waals surface area contributed by atoms with Gasteiger partial charge in [0.15, 0.2) is 0 Å². The van der Waals surface area contributed by atoms with Crippen LogP contribution in [0.2, 0.25) is 10.0 Å². The molecular weight excluding hydrogens is 425 g/mol. The Labute approximate surface area is 183 Å². The number of anilines is 1. The summed E-state index contributed by atoms with van der Waals surface area (Å²) < 4.78 is 5.38. The molecule has 1 N–H and O–H groups in total. The van der Waals surface area contributed by atoms with Crippen molar-refractivity contribution in [2.24, 2.45) is 0 Å². The first-order valence-corrected chi connectivity index (χ1v) is 10.7. The Balaban J connectivity index is 1.42. The molecule has 1 fully saturated rings. The molecule has 3 aromatic rings. The van der Waals surface area contributed by atoms with Crippen LogP contribution in [0.15, 0.2) is 24.5 Å². The summed E-state index contributed by atoms with van der Waals surface area (Å²) in [6.45, 7) is 5.58. The molecule has 9 heteroatoms. The van der Waals surface area contributed by atoms with Crippen molar-refractivity contribution >= 4 is 45.7 Å². The van der Waals surface area contributed by atoms with Crippen molar-refractivity contribution in [3.63, 3.8) is 0 Å². The molecule has 1 atom stereocenters. The molecule has 4 heterocycles. The van der Waals surface area contributed by atoms with Crippen LogP contribution in [-0.2, 0) is 11.2 Å². The lowest BCUT2D eigenvalue weighted by atomic mass is 9.97. The first-order chi connectivity index (χ1) is 14.5. The number of amides is 1. The van der Waals surface area contributed by atoms with E-state index < -0.39 is 0 Å². The third-order valence-corrected chi connectivity index (χ3v) is 6.74. The van der Waals surface area contributed by atoms with E-state index in [2.05, 4.69) is 19.9 Å². The van der Waals surface area contributed by atoms with Crippen molar-refractivity contribution in [2.75, 3.05) is 37.7 Å². The summed E-state index contributed by atoms with van der Waals surface area (Å²) in [5.41, 5.74) is 3.90. The molecule has 2 aliphatic heterocycles. The molecule has 2 aliphatic rings. The predicted molar refractivity (Wildman–Crippen MR) is 117 cm³/mol. The van der Waals surface area contributed by atoms with Crippen LogP contribution in [0.25, 0.3) is 10.9 Å². The van der Waals surface area contributed by atoms with Gasteiger partial charge in [-0.25, -0.2) is 9.97 Å². The number of morpholine rings is 1. The molecule has 0 spiro atoms. The zero-order chi connectivity index (χ0) is 20.8. The maximum absolute atomic E-state index is 13.2. The van der Waals surface area contributed by atoms with Crippen molar-refractivity contribution < 1.29 is 9.53 Å². The monoisotopic (exact) mass is 445 g/mol.